The second-order valence-electron chi connectivity index (χ2n) is 6.51. The van der Waals surface area contributed by atoms with Crippen LogP contribution in [0.2, 0.25) is 0 Å². The molecule has 0 aliphatic carbocycles. The minimum absolute atomic E-state index is 0.381. The van der Waals surface area contributed by atoms with Crippen molar-refractivity contribution in [3.8, 4) is 5.75 Å². The molecule has 0 spiro atoms. The molecule has 1 N–H and O–H groups in total. The second kappa shape index (κ2) is 8.13. The van der Waals surface area contributed by atoms with E-state index in [9.17, 15) is 13.2 Å². The molecule has 7 heteroatoms. The highest BCUT2D eigenvalue weighted by Crippen LogP contribution is 2.32. The van der Waals surface area contributed by atoms with Crippen molar-refractivity contribution in [1.29, 1.82) is 0 Å². The summed E-state index contributed by atoms with van der Waals surface area (Å²) in [5.74, 6) is 1.43. The molecule has 0 bridgehead atoms. The number of nitrogens with one attached hydrogen (secondary N) is 1. The lowest BCUT2D eigenvalue weighted by Gasteiger charge is -2.09. The zero-order valence-electron chi connectivity index (χ0n) is 15.2. The highest BCUT2D eigenvalue weighted by atomic mass is 32.1. The predicted molar refractivity (Wildman–Crippen MR) is 109 cm³/mol. The number of hydrogen-bond acceptors (Lipinski definition) is 4. The largest absolute Gasteiger partial charge is 0.489 e. The molecule has 4 rings (SSSR count). The number of rotatable bonds is 6. The minimum Gasteiger partial charge on any atom is -0.489 e. The van der Waals surface area contributed by atoms with E-state index in [1.807, 2.05) is 48.5 Å². The number of aromatic nitrogens is 1. The average molecular weight is 414 g/mol. The van der Waals surface area contributed by atoms with E-state index in [1.165, 1.54) is 23.7 Å². The van der Waals surface area contributed by atoms with E-state index < -0.39 is 11.7 Å². The van der Waals surface area contributed by atoms with E-state index in [0.717, 1.165) is 39.1 Å². The van der Waals surface area contributed by atoms with Crippen LogP contribution >= 0.6 is 11.5 Å². The van der Waals surface area contributed by atoms with Crippen molar-refractivity contribution < 1.29 is 17.9 Å². The molecule has 0 radical (unpaired) electrons. The highest BCUT2D eigenvalue weighted by molar-refractivity contribution is 7.13. The number of fused-ring (bicyclic) bond motifs is 1. The zero-order chi connectivity index (χ0) is 20.3. The summed E-state index contributed by atoms with van der Waals surface area (Å²) in [6.45, 7) is 0.851. The van der Waals surface area contributed by atoms with Crippen LogP contribution in [-0.4, -0.2) is 4.37 Å². The highest BCUT2D eigenvalue weighted by Gasteiger charge is 2.29. The summed E-state index contributed by atoms with van der Waals surface area (Å²) in [4.78, 5) is 0. The molecule has 0 amide bonds. The number of ether oxygens (including phenoxy) is 1. The van der Waals surface area contributed by atoms with E-state index in [0.29, 0.717) is 19.0 Å². The Morgan fingerprint density at radius 1 is 0.897 bits per heavy atom. The third-order valence-electron chi connectivity index (χ3n) is 4.43. The van der Waals surface area contributed by atoms with Gasteiger partial charge in [0.05, 0.1) is 10.3 Å². The zero-order valence-corrected chi connectivity index (χ0v) is 16.1. The van der Waals surface area contributed by atoms with Crippen LogP contribution in [0.15, 0.2) is 72.8 Å². The van der Waals surface area contributed by atoms with E-state index in [1.54, 1.807) is 0 Å². The summed E-state index contributed by atoms with van der Waals surface area (Å²) in [5, 5.41) is 4.13. The van der Waals surface area contributed by atoms with Crippen molar-refractivity contribution in [1.82, 2.24) is 4.37 Å². The molecule has 148 valence electrons. The van der Waals surface area contributed by atoms with Gasteiger partial charge in [-0.1, -0.05) is 42.5 Å². The van der Waals surface area contributed by atoms with Crippen molar-refractivity contribution in [2.24, 2.45) is 0 Å². The third kappa shape index (κ3) is 4.68. The Morgan fingerprint density at radius 3 is 2.38 bits per heavy atom. The molecule has 3 aromatic carbocycles. The van der Waals surface area contributed by atoms with E-state index >= 15 is 0 Å². The number of nitrogens with zero attached hydrogens (tertiary/aromatic N) is 1. The van der Waals surface area contributed by atoms with Gasteiger partial charge in [-0.05, 0) is 53.0 Å². The van der Waals surface area contributed by atoms with Crippen LogP contribution in [0.3, 0.4) is 0 Å². The van der Waals surface area contributed by atoms with Gasteiger partial charge in [0.1, 0.15) is 18.2 Å². The molecule has 29 heavy (non-hydrogen) atoms. The summed E-state index contributed by atoms with van der Waals surface area (Å²) in [6, 6.07) is 20.8. The Kier molecular flexibility index (Phi) is 5.40. The van der Waals surface area contributed by atoms with Crippen LogP contribution in [0, 0.1) is 0 Å². The lowest BCUT2D eigenvalue weighted by atomic mass is 10.1. The first-order chi connectivity index (χ1) is 14.0. The summed E-state index contributed by atoms with van der Waals surface area (Å²) in [7, 11) is 0. The van der Waals surface area contributed by atoms with E-state index in [2.05, 4.69) is 9.69 Å². The van der Waals surface area contributed by atoms with Crippen LogP contribution in [-0.2, 0) is 19.3 Å². The van der Waals surface area contributed by atoms with Gasteiger partial charge in [0, 0.05) is 11.9 Å². The number of anilines is 1. The maximum atomic E-state index is 12.7. The number of alkyl halides is 3. The van der Waals surface area contributed by atoms with Gasteiger partial charge in [0.2, 0.25) is 0 Å². The van der Waals surface area contributed by atoms with Crippen LogP contribution in [0.4, 0.5) is 19.0 Å². The van der Waals surface area contributed by atoms with Gasteiger partial charge in [0.25, 0.3) is 0 Å². The minimum atomic E-state index is -4.33. The summed E-state index contributed by atoms with van der Waals surface area (Å²) in [6.07, 6.45) is -4.33. The first kappa shape index (κ1) is 19.3. The summed E-state index contributed by atoms with van der Waals surface area (Å²) in [5.41, 5.74) is 1.17. The normalized spacial score (nSPS) is 11.6. The van der Waals surface area contributed by atoms with Gasteiger partial charge in [-0.25, -0.2) is 0 Å². The Morgan fingerprint density at radius 2 is 1.66 bits per heavy atom. The van der Waals surface area contributed by atoms with Crippen LogP contribution in [0.25, 0.3) is 10.1 Å². The van der Waals surface area contributed by atoms with Crippen LogP contribution in [0.1, 0.15) is 16.7 Å². The van der Waals surface area contributed by atoms with Crippen molar-refractivity contribution in [3.63, 3.8) is 0 Å². The molecule has 0 saturated carbocycles. The molecule has 1 heterocycles. The van der Waals surface area contributed by atoms with Crippen molar-refractivity contribution in [2.75, 3.05) is 5.32 Å². The topological polar surface area (TPSA) is 34.2 Å². The van der Waals surface area contributed by atoms with Gasteiger partial charge in [0.15, 0.2) is 0 Å². The molecule has 1 aromatic heterocycles. The maximum absolute atomic E-state index is 12.7. The van der Waals surface area contributed by atoms with E-state index in [-0.39, 0.29) is 0 Å². The first-order valence-corrected chi connectivity index (χ1v) is 9.72. The van der Waals surface area contributed by atoms with Crippen molar-refractivity contribution in [2.45, 2.75) is 19.3 Å². The van der Waals surface area contributed by atoms with Gasteiger partial charge in [-0.15, -0.1) is 0 Å². The first-order valence-electron chi connectivity index (χ1n) is 8.95. The van der Waals surface area contributed by atoms with Gasteiger partial charge < -0.3 is 10.1 Å². The summed E-state index contributed by atoms with van der Waals surface area (Å²) >= 11 is 1.36. The number of hydrogen-bond donors (Lipinski definition) is 1. The molecule has 0 aliphatic heterocycles. The molecule has 0 aliphatic rings. The van der Waals surface area contributed by atoms with E-state index in [4.69, 9.17) is 4.74 Å². The standard InChI is InChI=1S/C22H17F3N2OS/c23-22(24,25)17-8-6-15(7-9-17)13-26-21-19-12-18(10-11-20(19)29-27-21)28-14-16-4-2-1-3-5-16/h1-12H,13-14H2,(H,26,27). The van der Waals surface area contributed by atoms with Crippen molar-refractivity contribution >= 4 is 27.4 Å². The Balaban J connectivity index is 1.45. The summed E-state index contributed by atoms with van der Waals surface area (Å²) < 4.78 is 49.3. The molecule has 3 nitrogen and oxygen atoms in total. The molecule has 0 fully saturated rings. The molecule has 0 unspecified atom stereocenters. The Labute approximate surface area is 169 Å². The lowest BCUT2D eigenvalue weighted by molar-refractivity contribution is -0.137. The Bertz CT molecular complexity index is 1090. The average Bonchev–Trinajstić information content (AvgIpc) is 3.13. The third-order valence-corrected chi connectivity index (χ3v) is 5.26. The molecule has 0 atom stereocenters. The fourth-order valence-corrected chi connectivity index (χ4v) is 3.61. The maximum Gasteiger partial charge on any atom is 0.416 e. The molecular formula is C22H17F3N2OS. The Hall–Kier alpha value is -3.06. The quantitative estimate of drug-likeness (QED) is 0.391. The van der Waals surface area contributed by atoms with Gasteiger partial charge >= 0.3 is 6.18 Å². The number of benzene rings is 3. The smallest absolute Gasteiger partial charge is 0.416 e. The van der Waals surface area contributed by atoms with Gasteiger partial charge in [-0.3, -0.25) is 0 Å². The fourth-order valence-electron chi connectivity index (χ4n) is 2.87. The van der Waals surface area contributed by atoms with Gasteiger partial charge in [-0.2, -0.15) is 17.5 Å². The lowest BCUT2D eigenvalue weighted by Crippen LogP contribution is -2.05. The van der Waals surface area contributed by atoms with Crippen LogP contribution in [0.5, 0.6) is 5.75 Å². The number of halogens is 3. The second-order valence-corrected chi connectivity index (χ2v) is 7.32. The molecule has 4 aromatic rings. The van der Waals surface area contributed by atoms with Crippen molar-refractivity contribution in [3.05, 3.63) is 89.5 Å². The predicted octanol–water partition coefficient (Wildman–Crippen LogP) is 6.51. The molecule has 0 saturated heterocycles. The van der Waals surface area contributed by atoms with Crippen LogP contribution < -0.4 is 10.1 Å². The monoisotopic (exact) mass is 414 g/mol. The molecular weight excluding hydrogens is 397 g/mol. The fraction of sp³-hybridized carbons (Fsp3) is 0.136. The SMILES string of the molecule is FC(F)(F)c1ccc(CNc2nsc3ccc(OCc4ccccc4)cc23)cc1.